The highest BCUT2D eigenvalue weighted by Gasteiger charge is 2.55. The highest BCUT2D eigenvalue weighted by molar-refractivity contribution is 6.24. The van der Waals surface area contributed by atoms with E-state index in [2.05, 4.69) is 5.32 Å². The van der Waals surface area contributed by atoms with E-state index in [1.165, 1.54) is 4.90 Å². The summed E-state index contributed by atoms with van der Waals surface area (Å²) in [5, 5.41) is 3.31. The Balaban J connectivity index is 1.84. The predicted molar refractivity (Wildman–Crippen MR) is 96.5 cm³/mol. The first kappa shape index (κ1) is 16.6. The molecule has 0 aromatic heterocycles. The van der Waals surface area contributed by atoms with Gasteiger partial charge in [-0.05, 0) is 41.8 Å². The van der Waals surface area contributed by atoms with Crippen molar-refractivity contribution in [1.29, 1.82) is 0 Å². The fourth-order valence-corrected chi connectivity index (χ4v) is 3.90. The number of nitrogens with zero attached hydrogens (tertiary/aromatic N) is 1. The minimum Gasteiger partial charge on any atom is -0.493 e. The third-order valence-electron chi connectivity index (χ3n) is 5.14. The molecule has 0 radical (unpaired) electrons. The van der Waals surface area contributed by atoms with Gasteiger partial charge in [0.05, 0.1) is 26.3 Å². The Morgan fingerprint density at radius 3 is 2.42 bits per heavy atom. The molecule has 26 heavy (non-hydrogen) atoms. The molecule has 1 saturated heterocycles. The summed E-state index contributed by atoms with van der Waals surface area (Å²) in [5.41, 5.74) is 1.32. The highest BCUT2D eigenvalue weighted by Crippen LogP contribution is 2.44. The van der Waals surface area contributed by atoms with Crippen LogP contribution in [0.5, 0.6) is 11.5 Å². The van der Waals surface area contributed by atoms with Crippen molar-refractivity contribution in [3.63, 3.8) is 0 Å². The number of amides is 2. The molecular formula is C20H20N2O4. The van der Waals surface area contributed by atoms with Gasteiger partial charge in [0.15, 0.2) is 11.5 Å². The third-order valence-corrected chi connectivity index (χ3v) is 5.14. The van der Waals surface area contributed by atoms with Gasteiger partial charge in [0.2, 0.25) is 5.91 Å². The normalized spacial score (nSPS) is 21.8. The van der Waals surface area contributed by atoms with Gasteiger partial charge in [-0.1, -0.05) is 18.2 Å². The zero-order valence-electron chi connectivity index (χ0n) is 14.7. The summed E-state index contributed by atoms with van der Waals surface area (Å²) in [6.07, 6.45) is 0.841. The lowest BCUT2D eigenvalue weighted by molar-refractivity contribution is -0.124. The molecule has 2 aromatic rings. The van der Waals surface area contributed by atoms with Crippen LogP contribution >= 0.6 is 0 Å². The summed E-state index contributed by atoms with van der Waals surface area (Å²) in [4.78, 5) is 27.4. The molecule has 2 heterocycles. The molecular weight excluding hydrogens is 332 g/mol. The maximum Gasteiger partial charge on any atom is 0.259 e. The van der Waals surface area contributed by atoms with E-state index in [1.54, 1.807) is 26.4 Å². The van der Waals surface area contributed by atoms with E-state index in [1.807, 2.05) is 30.3 Å². The van der Waals surface area contributed by atoms with Crippen molar-refractivity contribution >= 4 is 17.5 Å². The summed E-state index contributed by atoms with van der Waals surface area (Å²) in [7, 11) is 3.15. The standard InChI is InChI=1S/C20H20N2O4/c1-25-16-10-13-8-9-21-20(15(13)11-17(16)26-2)12-18(23)22(19(20)24)14-6-4-3-5-7-14/h3-7,10-11,21H,8-9,12H2,1-2H3. The van der Waals surface area contributed by atoms with Gasteiger partial charge in [0, 0.05) is 6.54 Å². The van der Waals surface area contributed by atoms with Gasteiger partial charge in [0.25, 0.3) is 5.91 Å². The van der Waals surface area contributed by atoms with Crippen LogP contribution in [0.2, 0.25) is 0 Å². The molecule has 6 nitrogen and oxygen atoms in total. The minimum atomic E-state index is -1.06. The molecule has 134 valence electrons. The first-order chi connectivity index (χ1) is 12.6. The second-order valence-corrected chi connectivity index (χ2v) is 6.49. The molecule has 1 fully saturated rings. The molecule has 2 aliphatic heterocycles. The van der Waals surface area contributed by atoms with E-state index >= 15 is 0 Å². The second kappa shape index (κ2) is 6.14. The Morgan fingerprint density at radius 1 is 1.04 bits per heavy atom. The molecule has 4 rings (SSSR count). The zero-order valence-corrected chi connectivity index (χ0v) is 14.7. The molecule has 6 heteroatoms. The second-order valence-electron chi connectivity index (χ2n) is 6.49. The van der Waals surface area contributed by atoms with Gasteiger partial charge >= 0.3 is 0 Å². The van der Waals surface area contributed by atoms with Crippen molar-refractivity contribution in [2.45, 2.75) is 18.4 Å². The zero-order chi connectivity index (χ0) is 18.3. The number of rotatable bonds is 3. The van der Waals surface area contributed by atoms with E-state index in [0.29, 0.717) is 23.7 Å². The first-order valence-corrected chi connectivity index (χ1v) is 8.53. The van der Waals surface area contributed by atoms with Crippen LogP contribution in [0.15, 0.2) is 42.5 Å². The fraction of sp³-hybridized carbons (Fsp3) is 0.300. The van der Waals surface area contributed by atoms with E-state index < -0.39 is 5.54 Å². The van der Waals surface area contributed by atoms with Crippen LogP contribution < -0.4 is 19.7 Å². The smallest absolute Gasteiger partial charge is 0.259 e. The number of carbonyl (C=O) groups excluding carboxylic acids is 2. The molecule has 1 unspecified atom stereocenters. The number of benzene rings is 2. The van der Waals surface area contributed by atoms with Crippen molar-refractivity contribution in [2.75, 3.05) is 25.7 Å². The number of anilines is 1. The molecule has 2 amide bonds. The van der Waals surface area contributed by atoms with Gasteiger partial charge < -0.3 is 9.47 Å². The van der Waals surface area contributed by atoms with Crippen LogP contribution in [0.4, 0.5) is 5.69 Å². The summed E-state index contributed by atoms with van der Waals surface area (Å²) >= 11 is 0. The summed E-state index contributed by atoms with van der Waals surface area (Å²) < 4.78 is 10.8. The number of ether oxygens (including phenoxy) is 2. The number of para-hydroxylation sites is 1. The van der Waals surface area contributed by atoms with Gasteiger partial charge in [-0.2, -0.15) is 0 Å². The molecule has 1 spiro atoms. The molecule has 2 aliphatic rings. The van der Waals surface area contributed by atoms with Crippen molar-refractivity contribution in [3.8, 4) is 11.5 Å². The molecule has 2 aromatic carbocycles. The SMILES string of the molecule is COc1cc2c(cc1OC)C1(CC(=O)N(c3ccccc3)C1=O)NCC2. The van der Waals surface area contributed by atoms with E-state index in [4.69, 9.17) is 9.47 Å². The van der Waals surface area contributed by atoms with Crippen molar-refractivity contribution in [3.05, 3.63) is 53.6 Å². The van der Waals surface area contributed by atoms with Crippen molar-refractivity contribution in [2.24, 2.45) is 0 Å². The van der Waals surface area contributed by atoms with Gasteiger partial charge in [0.1, 0.15) is 5.54 Å². The number of imide groups is 1. The number of methoxy groups -OCH3 is 2. The van der Waals surface area contributed by atoms with Gasteiger partial charge in [-0.3, -0.25) is 14.9 Å². The van der Waals surface area contributed by atoms with Crippen LogP contribution in [0.1, 0.15) is 17.5 Å². The van der Waals surface area contributed by atoms with Gasteiger partial charge in [-0.15, -0.1) is 0 Å². The Kier molecular flexibility index (Phi) is 3.92. The van der Waals surface area contributed by atoms with E-state index in [-0.39, 0.29) is 18.2 Å². The lowest BCUT2D eigenvalue weighted by Crippen LogP contribution is -2.52. The molecule has 1 N–H and O–H groups in total. The quantitative estimate of drug-likeness (QED) is 0.856. The number of hydrogen-bond acceptors (Lipinski definition) is 5. The molecule has 0 saturated carbocycles. The third kappa shape index (κ3) is 2.29. The fourth-order valence-electron chi connectivity index (χ4n) is 3.90. The number of carbonyl (C=O) groups is 2. The van der Waals surface area contributed by atoms with Crippen molar-refractivity contribution in [1.82, 2.24) is 5.32 Å². The Hall–Kier alpha value is -2.86. The Labute approximate surface area is 151 Å². The maximum absolute atomic E-state index is 13.4. The lowest BCUT2D eigenvalue weighted by atomic mass is 9.80. The minimum absolute atomic E-state index is 0.0865. The largest absolute Gasteiger partial charge is 0.493 e. The van der Waals surface area contributed by atoms with Crippen molar-refractivity contribution < 1.29 is 19.1 Å². The van der Waals surface area contributed by atoms with Gasteiger partial charge in [-0.25, -0.2) is 4.90 Å². The average Bonchev–Trinajstić information content (AvgIpc) is 2.92. The number of nitrogens with one attached hydrogen (secondary N) is 1. The average molecular weight is 352 g/mol. The van der Waals surface area contributed by atoms with Crippen LogP contribution in [0.25, 0.3) is 0 Å². The van der Waals surface area contributed by atoms with Crippen LogP contribution in [-0.4, -0.2) is 32.6 Å². The van der Waals surface area contributed by atoms with Crippen LogP contribution in [0.3, 0.4) is 0 Å². The highest BCUT2D eigenvalue weighted by atomic mass is 16.5. The summed E-state index contributed by atoms with van der Waals surface area (Å²) in [6.45, 7) is 0.615. The first-order valence-electron chi connectivity index (χ1n) is 8.53. The Bertz CT molecular complexity index is 881. The monoisotopic (exact) mass is 352 g/mol. The summed E-state index contributed by atoms with van der Waals surface area (Å²) in [6, 6.07) is 12.8. The Morgan fingerprint density at radius 2 is 1.73 bits per heavy atom. The maximum atomic E-state index is 13.4. The lowest BCUT2D eigenvalue weighted by Gasteiger charge is -2.35. The number of fused-ring (bicyclic) bond motifs is 2. The molecule has 0 aliphatic carbocycles. The summed E-state index contributed by atoms with van der Waals surface area (Å²) in [5.74, 6) is 0.714. The predicted octanol–water partition coefficient (Wildman–Crippen LogP) is 2.01. The number of hydrogen-bond donors (Lipinski definition) is 1. The topological polar surface area (TPSA) is 67.9 Å². The molecule has 1 atom stereocenters. The molecule has 0 bridgehead atoms. The van der Waals surface area contributed by atoms with E-state index in [0.717, 1.165) is 17.5 Å². The van der Waals surface area contributed by atoms with Crippen LogP contribution in [0, 0.1) is 0 Å². The van der Waals surface area contributed by atoms with E-state index in [9.17, 15) is 9.59 Å². The van der Waals surface area contributed by atoms with Crippen LogP contribution in [-0.2, 0) is 21.5 Å².